The van der Waals surface area contributed by atoms with Gasteiger partial charge in [0.1, 0.15) is 5.75 Å². The van der Waals surface area contributed by atoms with Gasteiger partial charge < -0.3 is 19.8 Å². The molecule has 4 aromatic rings. The van der Waals surface area contributed by atoms with Crippen LogP contribution in [0.5, 0.6) is 5.75 Å². The van der Waals surface area contributed by atoms with Crippen LogP contribution in [0.1, 0.15) is 39.6 Å². The molecule has 0 atom stereocenters. The number of amides is 1. The highest BCUT2D eigenvalue weighted by atomic mass is 16.5. The second-order valence-electron chi connectivity index (χ2n) is 7.51. The fourth-order valence-electron chi connectivity index (χ4n) is 3.43. The third-order valence-electron chi connectivity index (χ3n) is 5.12. The molecule has 0 aliphatic heterocycles. The number of aromatic amines is 1. The Kier molecular flexibility index (Phi) is 6.98. The molecule has 8 heteroatoms. The van der Waals surface area contributed by atoms with E-state index < -0.39 is 11.9 Å². The highest BCUT2D eigenvalue weighted by Gasteiger charge is 2.16. The lowest BCUT2D eigenvalue weighted by molar-refractivity contribution is -0.116. The number of hydrogen-bond acceptors (Lipinski definition) is 6. The molecular formula is C26H23N3O5. The van der Waals surface area contributed by atoms with E-state index in [1.165, 1.54) is 24.3 Å². The van der Waals surface area contributed by atoms with Crippen LogP contribution in [0.3, 0.4) is 0 Å². The number of carbonyl (C=O) groups is 3. The van der Waals surface area contributed by atoms with E-state index in [1.54, 1.807) is 43.7 Å². The molecule has 2 aromatic heterocycles. The summed E-state index contributed by atoms with van der Waals surface area (Å²) in [6.07, 6.45) is 5.89. The van der Waals surface area contributed by atoms with Gasteiger partial charge in [-0.2, -0.15) is 0 Å². The Balaban J connectivity index is 1.42. The predicted octanol–water partition coefficient (Wildman–Crippen LogP) is 4.53. The average Bonchev–Trinajstić information content (AvgIpc) is 3.27. The van der Waals surface area contributed by atoms with Gasteiger partial charge in [-0.05, 0) is 67.4 Å². The fourth-order valence-corrected chi connectivity index (χ4v) is 3.43. The van der Waals surface area contributed by atoms with Crippen LogP contribution in [0.4, 0.5) is 5.69 Å². The molecule has 4 rings (SSSR count). The van der Waals surface area contributed by atoms with Crippen molar-refractivity contribution in [3.05, 3.63) is 89.9 Å². The molecular weight excluding hydrogens is 434 g/mol. The molecule has 0 aliphatic rings. The molecule has 0 spiro atoms. The Morgan fingerprint density at radius 3 is 2.59 bits per heavy atom. The number of pyridine rings is 1. The summed E-state index contributed by atoms with van der Waals surface area (Å²) in [5.41, 5.74) is 3.00. The summed E-state index contributed by atoms with van der Waals surface area (Å²) < 4.78 is 10.4. The third-order valence-corrected chi connectivity index (χ3v) is 5.12. The van der Waals surface area contributed by atoms with Gasteiger partial charge in [0.25, 0.3) is 0 Å². The molecule has 8 nitrogen and oxygen atoms in total. The number of anilines is 1. The van der Waals surface area contributed by atoms with E-state index in [4.69, 9.17) is 9.47 Å². The van der Waals surface area contributed by atoms with E-state index in [1.807, 2.05) is 12.1 Å². The maximum atomic E-state index is 12.8. The van der Waals surface area contributed by atoms with Crippen LogP contribution in [0.25, 0.3) is 10.9 Å². The predicted molar refractivity (Wildman–Crippen MR) is 127 cm³/mol. The van der Waals surface area contributed by atoms with Gasteiger partial charge in [-0.1, -0.05) is 6.07 Å². The summed E-state index contributed by atoms with van der Waals surface area (Å²) in [5, 5.41) is 3.49. The minimum Gasteiger partial charge on any atom is -0.462 e. The molecule has 0 aliphatic carbocycles. The zero-order valence-corrected chi connectivity index (χ0v) is 18.5. The van der Waals surface area contributed by atoms with Crippen LogP contribution in [-0.2, 0) is 16.0 Å². The minimum atomic E-state index is -0.560. The first-order valence-corrected chi connectivity index (χ1v) is 10.8. The molecule has 1 amide bonds. The van der Waals surface area contributed by atoms with Crippen molar-refractivity contribution in [2.24, 2.45) is 0 Å². The molecule has 172 valence electrons. The quantitative estimate of drug-likeness (QED) is 0.297. The second kappa shape index (κ2) is 10.4. The molecule has 2 heterocycles. The number of carbonyl (C=O) groups excluding carboxylic acids is 3. The van der Waals surface area contributed by atoms with Crippen molar-refractivity contribution in [2.75, 3.05) is 11.9 Å². The molecule has 2 aromatic carbocycles. The third kappa shape index (κ3) is 5.47. The van der Waals surface area contributed by atoms with Gasteiger partial charge in [0, 0.05) is 41.6 Å². The molecule has 0 fully saturated rings. The van der Waals surface area contributed by atoms with Crippen molar-refractivity contribution in [3.63, 3.8) is 0 Å². The molecule has 0 saturated heterocycles. The number of aryl methyl sites for hydroxylation is 1. The van der Waals surface area contributed by atoms with Crippen LogP contribution in [0.2, 0.25) is 0 Å². The molecule has 34 heavy (non-hydrogen) atoms. The number of nitrogens with zero attached hydrogens (tertiary/aromatic N) is 1. The van der Waals surface area contributed by atoms with E-state index in [2.05, 4.69) is 15.3 Å². The van der Waals surface area contributed by atoms with Crippen LogP contribution in [0.15, 0.2) is 73.2 Å². The summed E-state index contributed by atoms with van der Waals surface area (Å²) >= 11 is 0. The van der Waals surface area contributed by atoms with Crippen molar-refractivity contribution in [1.29, 1.82) is 0 Å². The van der Waals surface area contributed by atoms with E-state index in [0.29, 0.717) is 40.8 Å². The van der Waals surface area contributed by atoms with Gasteiger partial charge in [0.2, 0.25) is 5.91 Å². The van der Waals surface area contributed by atoms with Crippen molar-refractivity contribution in [3.8, 4) is 5.75 Å². The van der Waals surface area contributed by atoms with Crippen LogP contribution >= 0.6 is 0 Å². The Labute approximate surface area is 195 Å². The van der Waals surface area contributed by atoms with Crippen LogP contribution in [0, 0.1) is 0 Å². The number of aromatic nitrogens is 2. The summed E-state index contributed by atoms with van der Waals surface area (Å²) in [6.45, 7) is 2.01. The Morgan fingerprint density at radius 2 is 1.85 bits per heavy atom. The second-order valence-corrected chi connectivity index (χ2v) is 7.51. The SMILES string of the molecule is CCOC(=O)c1ccc(OC(=O)c2c[nH]c3ccc(NC(=O)CCc4cccnc4)cc23)cc1. The molecule has 0 saturated carbocycles. The first-order valence-electron chi connectivity index (χ1n) is 10.8. The molecule has 0 unspecified atom stereocenters. The highest BCUT2D eigenvalue weighted by molar-refractivity contribution is 6.06. The summed E-state index contributed by atoms with van der Waals surface area (Å²) in [6, 6.07) is 15.2. The number of nitrogens with one attached hydrogen (secondary N) is 2. The lowest BCUT2D eigenvalue weighted by atomic mass is 10.1. The van der Waals surface area contributed by atoms with Crippen molar-refractivity contribution >= 4 is 34.4 Å². The number of rotatable bonds is 8. The van der Waals surface area contributed by atoms with Gasteiger partial charge in [-0.25, -0.2) is 9.59 Å². The minimum absolute atomic E-state index is 0.135. The largest absolute Gasteiger partial charge is 0.462 e. The molecule has 2 N–H and O–H groups in total. The van der Waals surface area contributed by atoms with Crippen LogP contribution in [-0.4, -0.2) is 34.4 Å². The first-order chi connectivity index (χ1) is 16.5. The van der Waals surface area contributed by atoms with Crippen molar-refractivity contribution in [2.45, 2.75) is 19.8 Å². The fraction of sp³-hybridized carbons (Fsp3) is 0.154. The Hall–Kier alpha value is -4.46. The van der Waals surface area contributed by atoms with E-state index in [0.717, 1.165) is 11.1 Å². The molecule has 0 radical (unpaired) electrons. The van der Waals surface area contributed by atoms with Crippen molar-refractivity contribution in [1.82, 2.24) is 9.97 Å². The lowest BCUT2D eigenvalue weighted by Gasteiger charge is -2.07. The number of hydrogen-bond donors (Lipinski definition) is 2. The smallest absolute Gasteiger partial charge is 0.345 e. The number of fused-ring (bicyclic) bond motifs is 1. The Morgan fingerprint density at radius 1 is 1.03 bits per heavy atom. The number of esters is 2. The molecule has 0 bridgehead atoms. The Bertz CT molecular complexity index is 1310. The van der Waals surface area contributed by atoms with Gasteiger partial charge in [-0.15, -0.1) is 0 Å². The zero-order chi connectivity index (χ0) is 23.9. The number of H-pyrrole nitrogens is 1. The van der Waals surface area contributed by atoms with E-state index >= 15 is 0 Å². The maximum absolute atomic E-state index is 12.8. The normalized spacial score (nSPS) is 10.6. The van der Waals surface area contributed by atoms with Gasteiger partial charge in [0.15, 0.2) is 0 Å². The maximum Gasteiger partial charge on any atom is 0.345 e. The monoisotopic (exact) mass is 457 g/mol. The van der Waals surface area contributed by atoms with E-state index in [-0.39, 0.29) is 12.5 Å². The summed E-state index contributed by atoms with van der Waals surface area (Å²) in [7, 11) is 0. The van der Waals surface area contributed by atoms with Gasteiger partial charge in [-0.3, -0.25) is 9.78 Å². The van der Waals surface area contributed by atoms with E-state index in [9.17, 15) is 14.4 Å². The average molecular weight is 457 g/mol. The number of ether oxygens (including phenoxy) is 2. The zero-order valence-electron chi connectivity index (χ0n) is 18.5. The van der Waals surface area contributed by atoms with Gasteiger partial charge >= 0.3 is 11.9 Å². The number of benzene rings is 2. The lowest BCUT2D eigenvalue weighted by Crippen LogP contribution is -2.12. The first kappa shape index (κ1) is 22.7. The van der Waals surface area contributed by atoms with Gasteiger partial charge in [0.05, 0.1) is 17.7 Å². The van der Waals surface area contributed by atoms with Crippen LogP contribution < -0.4 is 10.1 Å². The highest BCUT2D eigenvalue weighted by Crippen LogP contribution is 2.24. The topological polar surface area (TPSA) is 110 Å². The summed E-state index contributed by atoms with van der Waals surface area (Å²) in [5.74, 6) is -0.834. The standard InChI is InChI=1S/C26H23N3O5/c1-2-33-25(31)18-6-9-20(10-7-18)34-26(32)22-16-28-23-11-8-19(14-21(22)23)29-24(30)12-5-17-4-3-13-27-15-17/h3-4,6-11,13-16,28H,2,5,12H2,1H3,(H,29,30). The summed E-state index contributed by atoms with van der Waals surface area (Å²) in [4.78, 5) is 44.0. The van der Waals surface area contributed by atoms with Crippen molar-refractivity contribution < 1.29 is 23.9 Å².